The van der Waals surface area contributed by atoms with E-state index in [2.05, 4.69) is 34.7 Å². The fraction of sp³-hybridized carbons (Fsp3) is 0.176. The second kappa shape index (κ2) is 4.45. The summed E-state index contributed by atoms with van der Waals surface area (Å²) >= 11 is 0. The summed E-state index contributed by atoms with van der Waals surface area (Å²) in [5.41, 5.74) is 4.19. The maximum absolute atomic E-state index is 12.3. The molecule has 1 amide bonds. The fourth-order valence-electron chi connectivity index (χ4n) is 3.09. The molecule has 0 radical (unpaired) electrons. The van der Waals surface area contributed by atoms with Gasteiger partial charge in [0.1, 0.15) is 0 Å². The summed E-state index contributed by atoms with van der Waals surface area (Å²) in [7, 11) is 1.80. The quantitative estimate of drug-likeness (QED) is 0.783. The second-order valence-corrected chi connectivity index (χ2v) is 5.47. The van der Waals surface area contributed by atoms with Gasteiger partial charge in [0, 0.05) is 24.3 Å². The standard InChI is InChI=1S/C17H15N3O/c1-20-10-13(9-18-20)17(21)19-15-8-7-12-6-5-11-3-2-4-14(15)16(11)12/h2-4,7-10H,5-6H2,1H3,(H,19,21). The topological polar surface area (TPSA) is 46.9 Å². The molecular formula is C17H15N3O. The van der Waals surface area contributed by atoms with E-state index in [0.29, 0.717) is 5.56 Å². The van der Waals surface area contributed by atoms with E-state index in [-0.39, 0.29) is 5.91 Å². The van der Waals surface area contributed by atoms with Crippen molar-refractivity contribution < 1.29 is 4.79 Å². The van der Waals surface area contributed by atoms with Gasteiger partial charge in [-0.15, -0.1) is 0 Å². The van der Waals surface area contributed by atoms with Crippen molar-refractivity contribution in [2.24, 2.45) is 7.05 Å². The van der Waals surface area contributed by atoms with Crippen LogP contribution < -0.4 is 5.32 Å². The minimum absolute atomic E-state index is 0.123. The van der Waals surface area contributed by atoms with Crippen molar-refractivity contribution in [3.8, 4) is 0 Å². The minimum atomic E-state index is -0.123. The van der Waals surface area contributed by atoms with Crippen molar-refractivity contribution in [2.75, 3.05) is 5.32 Å². The zero-order valence-electron chi connectivity index (χ0n) is 11.8. The molecule has 1 heterocycles. The van der Waals surface area contributed by atoms with E-state index in [1.807, 2.05) is 6.07 Å². The first-order valence-electron chi connectivity index (χ1n) is 7.06. The summed E-state index contributed by atoms with van der Waals surface area (Å²) in [4.78, 5) is 12.3. The normalized spacial score (nSPS) is 12.8. The number of rotatable bonds is 2. The highest BCUT2D eigenvalue weighted by Gasteiger charge is 2.17. The van der Waals surface area contributed by atoms with E-state index in [1.165, 1.54) is 16.5 Å². The molecule has 4 heteroatoms. The molecule has 104 valence electrons. The Morgan fingerprint density at radius 2 is 2.00 bits per heavy atom. The minimum Gasteiger partial charge on any atom is -0.321 e. The molecule has 0 atom stereocenters. The molecule has 2 aromatic carbocycles. The van der Waals surface area contributed by atoms with Crippen molar-refractivity contribution in [3.63, 3.8) is 0 Å². The first-order chi connectivity index (χ1) is 10.2. The summed E-state index contributed by atoms with van der Waals surface area (Å²) in [5, 5.41) is 9.47. The average molecular weight is 277 g/mol. The van der Waals surface area contributed by atoms with E-state index >= 15 is 0 Å². The number of hydrogen-bond acceptors (Lipinski definition) is 2. The van der Waals surface area contributed by atoms with Crippen LogP contribution in [0.5, 0.6) is 0 Å². The molecule has 1 aliphatic carbocycles. The SMILES string of the molecule is Cn1cc(C(=O)Nc2ccc3c4c(cccc24)CC3)cn1. The molecule has 21 heavy (non-hydrogen) atoms. The maximum atomic E-state index is 12.3. The predicted octanol–water partition coefficient (Wildman–Crippen LogP) is 2.92. The number of aryl methyl sites for hydroxylation is 3. The Labute approximate surface area is 122 Å². The number of nitrogens with one attached hydrogen (secondary N) is 1. The Balaban J connectivity index is 1.76. The third-order valence-electron chi connectivity index (χ3n) is 4.09. The summed E-state index contributed by atoms with van der Waals surface area (Å²) in [6, 6.07) is 10.4. The molecule has 0 bridgehead atoms. The molecular weight excluding hydrogens is 262 g/mol. The molecule has 4 nitrogen and oxygen atoms in total. The van der Waals surface area contributed by atoms with Gasteiger partial charge in [0.15, 0.2) is 0 Å². The monoisotopic (exact) mass is 277 g/mol. The molecule has 0 aliphatic heterocycles. The second-order valence-electron chi connectivity index (χ2n) is 5.47. The van der Waals surface area contributed by atoms with Crippen molar-refractivity contribution >= 4 is 22.4 Å². The number of anilines is 1. The highest BCUT2D eigenvalue weighted by Crippen LogP contribution is 2.35. The van der Waals surface area contributed by atoms with Gasteiger partial charge in [-0.25, -0.2) is 0 Å². The molecule has 0 saturated heterocycles. The Bertz CT molecular complexity index is 853. The lowest BCUT2D eigenvalue weighted by atomic mass is 10.0. The van der Waals surface area contributed by atoms with Gasteiger partial charge in [0.05, 0.1) is 11.8 Å². The summed E-state index contributed by atoms with van der Waals surface area (Å²) < 4.78 is 1.63. The Morgan fingerprint density at radius 1 is 1.19 bits per heavy atom. The number of amides is 1. The van der Waals surface area contributed by atoms with Gasteiger partial charge in [0.2, 0.25) is 0 Å². The van der Waals surface area contributed by atoms with Gasteiger partial charge in [0.25, 0.3) is 5.91 Å². The number of carbonyl (C=O) groups excluding carboxylic acids is 1. The van der Waals surface area contributed by atoms with Crippen LogP contribution in [0.15, 0.2) is 42.7 Å². The van der Waals surface area contributed by atoms with Crippen LogP contribution in [0.25, 0.3) is 10.8 Å². The smallest absolute Gasteiger partial charge is 0.258 e. The molecule has 1 N–H and O–H groups in total. The lowest BCUT2D eigenvalue weighted by molar-refractivity contribution is 0.102. The van der Waals surface area contributed by atoms with Crippen LogP contribution >= 0.6 is 0 Å². The van der Waals surface area contributed by atoms with Gasteiger partial charge >= 0.3 is 0 Å². The highest BCUT2D eigenvalue weighted by molar-refractivity contribution is 6.10. The van der Waals surface area contributed by atoms with E-state index in [9.17, 15) is 4.79 Å². The molecule has 1 aromatic heterocycles. The number of carbonyl (C=O) groups is 1. The summed E-state index contributed by atoms with van der Waals surface area (Å²) in [6.07, 6.45) is 5.48. The Morgan fingerprint density at radius 3 is 2.76 bits per heavy atom. The lowest BCUT2D eigenvalue weighted by Gasteiger charge is -2.09. The third-order valence-corrected chi connectivity index (χ3v) is 4.09. The molecule has 3 aromatic rings. The number of hydrogen-bond donors (Lipinski definition) is 1. The van der Waals surface area contributed by atoms with Crippen molar-refractivity contribution in [1.82, 2.24) is 9.78 Å². The molecule has 4 rings (SSSR count). The fourth-order valence-corrected chi connectivity index (χ4v) is 3.09. The van der Waals surface area contributed by atoms with Gasteiger partial charge in [-0.3, -0.25) is 9.48 Å². The van der Waals surface area contributed by atoms with Crippen LogP contribution in [-0.4, -0.2) is 15.7 Å². The first kappa shape index (κ1) is 12.1. The van der Waals surface area contributed by atoms with Crippen LogP contribution in [0.3, 0.4) is 0 Å². The molecule has 0 saturated carbocycles. The van der Waals surface area contributed by atoms with Crippen LogP contribution in [0.2, 0.25) is 0 Å². The third kappa shape index (κ3) is 1.91. The van der Waals surface area contributed by atoms with Crippen LogP contribution in [0.1, 0.15) is 21.5 Å². The zero-order valence-corrected chi connectivity index (χ0v) is 11.8. The molecule has 0 unspecified atom stereocenters. The van der Waals surface area contributed by atoms with Gasteiger partial charge in [-0.2, -0.15) is 5.10 Å². The number of aromatic nitrogens is 2. The van der Waals surface area contributed by atoms with E-state index in [0.717, 1.165) is 23.9 Å². The largest absolute Gasteiger partial charge is 0.321 e. The Hall–Kier alpha value is -2.62. The van der Waals surface area contributed by atoms with Crippen LogP contribution in [0, 0.1) is 0 Å². The maximum Gasteiger partial charge on any atom is 0.258 e. The average Bonchev–Trinajstić information content (AvgIpc) is 3.10. The molecule has 0 spiro atoms. The lowest BCUT2D eigenvalue weighted by Crippen LogP contribution is -2.11. The van der Waals surface area contributed by atoms with E-state index in [1.54, 1.807) is 24.1 Å². The Kier molecular flexibility index (Phi) is 2.57. The summed E-state index contributed by atoms with van der Waals surface area (Å²) in [5.74, 6) is -0.123. The zero-order chi connectivity index (χ0) is 14.4. The number of benzene rings is 2. The van der Waals surface area contributed by atoms with Crippen molar-refractivity contribution in [2.45, 2.75) is 12.8 Å². The van der Waals surface area contributed by atoms with Gasteiger partial charge in [-0.1, -0.05) is 24.3 Å². The number of nitrogens with zero attached hydrogens (tertiary/aromatic N) is 2. The van der Waals surface area contributed by atoms with E-state index in [4.69, 9.17) is 0 Å². The van der Waals surface area contributed by atoms with Crippen LogP contribution in [-0.2, 0) is 19.9 Å². The molecule has 0 fully saturated rings. The highest BCUT2D eigenvalue weighted by atomic mass is 16.1. The molecule has 1 aliphatic rings. The predicted molar refractivity (Wildman–Crippen MR) is 82.5 cm³/mol. The van der Waals surface area contributed by atoms with Crippen molar-refractivity contribution in [3.05, 3.63) is 59.4 Å². The van der Waals surface area contributed by atoms with Crippen molar-refractivity contribution in [1.29, 1.82) is 0 Å². The van der Waals surface area contributed by atoms with Crippen LogP contribution in [0.4, 0.5) is 5.69 Å². The van der Waals surface area contributed by atoms with E-state index < -0.39 is 0 Å². The van der Waals surface area contributed by atoms with Gasteiger partial charge < -0.3 is 5.32 Å². The summed E-state index contributed by atoms with van der Waals surface area (Å²) in [6.45, 7) is 0. The first-order valence-corrected chi connectivity index (χ1v) is 7.06. The van der Waals surface area contributed by atoms with Gasteiger partial charge in [-0.05, 0) is 35.4 Å².